The molecule has 19 heavy (non-hydrogen) atoms. The van der Waals surface area contributed by atoms with Gasteiger partial charge in [0.2, 0.25) is 0 Å². The molecule has 0 aliphatic carbocycles. The monoisotopic (exact) mass is 266 g/mol. The van der Waals surface area contributed by atoms with Crippen LogP contribution >= 0.6 is 0 Å². The summed E-state index contributed by atoms with van der Waals surface area (Å²) in [7, 11) is 0. The lowest BCUT2D eigenvalue weighted by Gasteiger charge is -2.32. The van der Waals surface area contributed by atoms with E-state index in [4.69, 9.17) is 9.47 Å². The smallest absolute Gasteiger partial charge is 0.333 e. The lowest BCUT2D eigenvalue weighted by Crippen LogP contribution is -2.41. The predicted molar refractivity (Wildman–Crippen MR) is 71.9 cm³/mol. The van der Waals surface area contributed by atoms with Crippen LogP contribution in [0.25, 0.3) is 0 Å². The van der Waals surface area contributed by atoms with Crippen LogP contribution in [0.2, 0.25) is 0 Å². The van der Waals surface area contributed by atoms with Gasteiger partial charge >= 0.3 is 5.69 Å². The second-order valence-electron chi connectivity index (χ2n) is 4.44. The molecule has 1 aromatic carbocycles. The quantitative estimate of drug-likeness (QED) is 0.617. The molecule has 6 heteroatoms. The summed E-state index contributed by atoms with van der Waals surface area (Å²) in [5, 5.41) is 11.3. The number of benzene rings is 1. The highest BCUT2D eigenvalue weighted by atomic mass is 16.6. The van der Waals surface area contributed by atoms with Gasteiger partial charge < -0.3 is 14.4 Å². The molecule has 0 unspecified atom stereocenters. The van der Waals surface area contributed by atoms with E-state index in [0.717, 1.165) is 0 Å². The van der Waals surface area contributed by atoms with Crippen LogP contribution in [0.4, 0.5) is 11.4 Å². The fourth-order valence-corrected chi connectivity index (χ4v) is 2.26. The molecule has 1 heterocycles. The van der Waals surface area contributed by atoms with Crippen molar-refractivity contribution in [2.45, 2.75) is 20.0 Å². The molecule has 2 rings (SSSR count). The largest absolute Gasteiger partial charge is 0.487 e. The van der Waals surface area contributed by atoms with E-state index < -0.39 is 0 Å². The zero-order valence-electron chi connectivity index (χ0n) is 11.2. The maximum Gasteiger partial charge on any atom is 0.333 e. The van der Waals surface area contributed by atoms with E-state index >= 15 is 0 Å². The molecule has 0 saturated carbocycles. The molecule has 0 amide bonds. The Morgan fingerprint density at radius 1 is 1.58 bits per heavy atom. The molecule has 1 aliphatic heterocycles. The van der Waals surface area contributed by atoms with Gasteiger partial charge in [-0.25, -0.2) is 0 Å². The van der Waals surface area contributed by atoms with Crippen molar-refractivity contribution in [2.75, 3.05) is 31.2 Å². The van der Waals surface area contributed by atoms with Gasteiger partial charge in [0.1, 0.15) is 5.69 Å². The van der Waals surface area contributed by atoms with E-state index in [1.807, 2.05) is 18.7 Å². The van der Waals surface area contributed by atoms with E-state index in [0.29, 0.717) is 37.7 Å². The standard InChI is InChI=1S/C13H18N2O4/c1-3-18-12-6-4-5-11(13(12)15(16)17)14-7-8-19-10(2)9-14/h4-6,10H,3,7-9H2,1-2H3/t10-/m0/s1. The van der Waals surface area contributed by atoms with Crippen molar-refractivity contribution in [1.29, 1.82) is 0 Å². The lowest BCUT2D eigenvalue weighted by atomic mass is 10.2. The maximum atomic E-state index is 11.3. The van der Waals surface area contributed by atoms with Gasteiger partial charge in [-0.2, -0.15) is 0 Å². The molecule has 0 aromatic heterocycles. The third-order valence-electron chi connectivity index (χ3n) is 3.04. The molecule has 0 spiro atoms. The first-order valence-corrected chi connectivity index (χ1v) is 6.40. The van der Waals surface area contributed by atoms with Crippen LogP contribution in [-0.2, 0) is 4.74 Å². The van der Waals surface area contributed by atoms with E-state index in [1.54, 1.807) is 18.2 Å². The zero-order chi connectivity index (χ0) is 13.8. The third-order valence-corrected chi connectivity index (χ3v) is 3.04. The Kier molecular flexibility index (Phi) is 4.21. The summed E-state index contributed by atoms with van der Waals surface area (Å²) in [5.41, 5.74) is 0.643. The second-order valence-corrected chi connectivity index (χ2v) is 4.44. The molecule has 104 valence electrons. The first-order valence-electron chi connectivity index (χ1n) is 6.40. The fraction of sp³-hybridized carbons (Fsp3) is 0.538. The molecule has 0 N–H and O–H groups in total. The van der Waals surface area contributed by atoms with Crippen molar-refractivity contribution < 1.29 is 14.4 Å². The number of anilines is 1. The number of nitro groups is 1. The molecule has 1 fully saturated rings. The van der Waals surface area contributed by atoms with Crippen LogP contribution in [0.15, 0.2) is 18.2 Å². The minimum atomic E-state index is -0.375. The number of rotatable bonds is 4. The SMILES string of the molecule is CCOc1cccc(N2CCO[C@@H](C)C2)c1[N+](=O)[O-]. The predicted octanol–water partition coefficient (Wildman–Crippen LogP) is 2.22. The van der Waals surface area contributed by atoms with Crippen molar-refractivity contribution in [3.63, 3.8) is 0 Å². The van der Waals surface area contributed by atoms with E-state index in [-0.39, 0.29) is 16.7 Å². The highest BCUT2D eigenvalue weighted by molar-refractivity contribution is 5.70. The molecule has 6 nitrogen and oxygen atoms in total. The highest BCUT2D eigenvalue weighted by Crippen LogP contribution is 2.37. The molecule has 1 atom stereocenters. The van der Waals surface area contributed by atoms with Crippen molar-refractivity contribution in [2.24, 2.45) is 0 Å². The Morgan fingerprint density at radius 3 is 3.00 bits per heavy atom. The van der Waals surface area contributed by atoms with Gasteiger partial charge in [-0.3, -0.25) is 10.1 Å². The van der Waals surface area contributed by atoms with Gasteiger partial charge in [0.05, 0.1) is 24.2 Å². The van der Waals surface area contributed by atoms with Crippen LogP contribution in [0, 0.1) is 10.1 Å². The summed E-state index contributed by atoms with van der Waals surface area (Å²) >= 11 is 0. The Hall–Kier alpha value is -1.82. The van der Waals surface area contributed by atoms with Crippen LogP contribution in [0.5, 0.6) is 5.75 Å². The van der Waals surface area contributed by atoms with Crippen molar-refractivity contribution in [3.05, 3.63) is 28.3 Å². The van der Waals surface area contributed by atoms with Crippen LogP contribution in [0.1, 0.15) is 13.8 Å². The van der Waals surface area contributed by atoms with Gasteiger partial charge in [-0.1, -0.05) is 6.07 Å². The van der Waals surface area contributed by atoms with E-state index in [2.05, 4.69) is 0 Å². The van der Waals surface area contributed by atoms with Gasteiger partial charge in [0, 0.05) is 13.1 Å². The molecule has 1 aromatic rings. The van der Waals surface area contributed by atoms with Gasteiger partial charge in [-0.05, 0) is 26.0 Å². The summed E-state index contributed by atoms with van der Waals surface area (Å²) in [5.74, 6) is 0.323. The maximum absolute atomic E-state index is 11.3. The number of para-hydroxylation sites is 1. The number of nitrogens with zero attached hydrogens (tertiary/aromatic N) is 2. The Labute approximate surface area is 112 Å². The number of hydrogen-bond acceptors (Lipinski definition) is 5. The molecule has 0 bridgehead atoms. The molecule has 0 radical (unpaired) electrons. The fourth-order valence-electron chi connectivity index (χ4n) is 2.26. The molecular formula is C13H18N2O4. The van der Waals surface area contributed by atoms with Gasteiger partial charge in [0.15, 0.2) is 5.75 Å². The number of morpholine rings is 1. The van der Waals surface area contributed by atoms with Gasteiger partial charge in [0.25, 0.3) is 0 Å². The molecular weight excluding hydrogens is 248 g/mol. The number of nitro benzene ring substituents is 1. The van der Waals surface area contributed by atoms with Crippen LogP contribution in [0.3, 0.4) is 0 Å². The Morgan fingerprint density at radius 2 is 2.37 bits per heavy atom. The topological polar surface area (TPSA) is 64.8 Å². The first kappa shape index (κ1) is 13.6. The normalized spacial score (nSPS) is 19.3. The minimum absolute atomic E-state index is 0.0402. The summed E-state index contributed by atoms with van der Waals surface area (Å²) in [6, 6.07) is 5.18. The first-order chi connectivity index (χ1) is 9.13. The summed E-state index contributed by atoms with van der Waals surface area (Å²) < 4.78 is 10.8. The Bertz CT molecular complexity index is 464. The minimum Gasteiger partial charge on any atom is -0.487 e. The number of hydrogen-bond donors (Lipinski definition) is 0. The summed E-state index contributed by atoms with van der Waals surface area (Å²) in [4.78, 5) is 12.9. The van der Waals surface area contributed by atoms with Crippen molar-refractivity contribution >= 4 is 11.4 Å². The average Bonchev–Trinajstić information content (AvgIpc) is 2.38. The van der Waals surface area contributed by atoms with Crippen LogP contribution in [-0.4, -0.2) is 37.3 Å². The Balaban J connectivity index is 2.38. The summed E-state index contributed by atoms with van der Waals surface area (Å²) in [6.45, 7) is 6.07. The molecule has 1 saturated heterocycles. The second kappa shape index (κ2) is 5.88. The average molecular weight is 266 g/mol. The molecule has 1 aliphatic rings. The third kappa shape index (κ3) is 2.96. The lowest BCUT2D eigenvalue weighted by molar-refractivity contribution is -0.385. The van der Waals surface area contributed by atoms with Crippen LogP contribution < -0.4 is 9.64 Å². The highest BCUT2D eigenvalue weighted by Gasteiger charge is 2.27. The zero-order valence-corrected chi connectivity index (χ0v) is 11.2. The van der Waals surface area contributed by atoms with Crippen molar-refractivity contribution in [3.8, 4) is 5.75 Å². The summed E-state index contributed by atoms with van der Waals surface area (Å²) in [6.07, 6.45) is 0.0732. The number of ether oxygens (including phenoxy) is 2. The van der Waals surface area contributed by atoms with Gasteiger partial charge in [-0.15, -0.1) is 0 Å². The van der Waals surface area contributed by atoms with E-state index in [9.17, 15) is 10.1 Å². The van der Waals surface area contributed by atoms with Crippen molar-refractivity contribution in [1.82, 2.24) is 0 Å². The van der Waals surface area contributed by atoms with E-state index in [1.165, 1.54) is 0 Å².